The number of furan rings is 1. The number of amides is 1. The second-order valence-electron chi connectivity index (χ2n) is 5.45. The number of hydrogen-bond donors (Lipinski definition) is 1. The number of aryl methyl sites for hydroxylation is 1. The van der Waals surface area contributed by atoms with E-state index in [4.69, 9.17) is 21.8 Å². The van der Waals surface area contributed by atoms with E-state index in [-0.39, 0.29) is 11.9 Å². The van der Waals surface area contributed by atoms with Gasteiger partial charge in [-0.3, -0.25) is 4.79 Å². The highest BCUT2D eigenvalue weighted by Crippen LogP contribution is 2.31. The number of carbonyl (C=O) groups excluding carboxylic acids is 1. The molecule has 0 bridgehead atoms. The number of carbonyl (C=O) groups is 1. The van der Waals surface area contributed by atoms with Gasteiger partial charge in [-0.2, -0.15) is 0 Å². The topological polar surface area (TPSA) is 59.5 Å². The number of hydrogen-bond acceptors (Lipinski definition) is 3. The maximum absolute atomic E-state index is 12.7. The molecule has 0 aliphatic heterocycles. The Bertz CT molecular complexity index is 656. The predicted molar refractivity (Wildman–Crippen MR) is 82.2 cm³/mol. The molecule has 3 rings (SSSR count). The van der Waals surface area contributed by atoms with Crippen molar-refractivity contribution in [3.05, 3.63) is 52.4 Å². The van der Waals surface area contributed by atoms with E-state index in [2.05, 4.69) is 0 Å². The molecular weight excluding hydrogens is 288 g/mol. The molecule has 5 heteroatoms. The first-order valence-electron chi connectivity index (χ1n) is 6.95. The maximum Gasteiger partial charge on any atom is 0.254 e. The fourth-order valence-corrected chi connectivity index (χ4v) is 2.64. The van der Waals surface area contributed by atoms with E-state index in [1.807, 2.05) is 24.0 Å². The molecule has 2 N–H and O–H groups in total. The highest BCUT2D eigenvalue weighted by molar-refractivity contribution is 6.31. The Balaban J connectivity index is 1.84. The molecule has 1 aliphatic carbocycles. The maximum atomic E-state index is 12.7. The summed E-state index contributed by atoms with van der Waals surface area (Å²) in [6.45, 7) is 2.37. The Hall–Kier alpha value is -1.94. The van der Waals surface area contributed by atoms with Crippen LogP contribution in [0.3, 0.4) is 0 Å². The SMILES string of the molecule is Cc1ccc(CN(C(=O)c2cc(N)cc(Cl)c2)C2CC2)o1. The Morgan fingerprint density at radius 3 is 2.71 bits per heavy atom. The van der Waals surface area contributed by atoms with Crippen molar-refractivity contribution in [1.82, 2.24) is 4.90 Å². The van der Waals surface area contributed by atoms with Crippen LogP contribution >= 0.6 is 11.6 Å². The molecule has 1 fully saturated rings. The van der Waals surface area contributed by atoms with Gasteiger partial charge in [0.15, 0.2) is 0 Å². The van der Waals surface area contributed by atoms with Crippen LogP contribution in [0.25, 0.3) is 0 Å². The third kappa shape index (κ3) is 3.22. The molecule has 1 amide bonds. The lowest BCUT2D eigenvalue weighted by molar-refractivity contribution is 0.0717. The zero-order valence-corrected chi connectivity index (χ0v) is 12.6. The number of anilines is 1. The summed E-state index contributed by atoms with van der Waals surface area (Å²) in [7, 11) is 0. The van der Waals surface area contributed by atoms with Crippen molar-refractivity contribution >= 4 is 23.2 Å². The van der Waals surface area contributed by atoms with E-state index in [1.54, 1.807) is 18.2 Å². The second kappa shape index (κ2) is 5.45. The first-order chi connectivity index (χ1) is 10.0. The molecule has 0 spiro atoms. The zero-order chi connectivity index (χ0) is 15.0. The highest BCUT2D eigenvalue weighted by atomic mass is 35.5. The quantitative estimate of drug-likeness (QED) is 0.877. The van der Waals surface area contributed by atoms with Crippen LogP contribution in [0, 0.1) is 6.92 Å². The fourth-order valence-electron chi connectivity index (χ4n) is 2.39. The minimum atomic E-state index is -0.0549. The van der Waals surface area contributed by atoms with Crippen molar-refractivity contribution < 1.29 is 9.21 Å². The third-order valence-electron chi connectivity index (χ3n) is 3.54. The molecule has 4 nitrogen and oxygen atoms in total. The van der Waals surface area contributed by atoms with E-state index in [1.165, 1.54) is 0 Å². The minimum absolute atomic E-state index is 0.0549. The van der Waals surface area contributed by atoms with Crippen LogP contribution in [0.1, 0.15) is 34.7 Å². The van der Waals surface area contributed by atoms with Gasteiger partial charge in [0, 0.05) is 22.3 Å². The van der Waals surface area contributed by atoms with E-state index in [0.717, 1.165) is 24.4 Å². The molecule has 1 saturated carbocycles. The number of rotatable bonds is 4. The normalized spacial score (nSPS) is 14.2. The van der Waals surface area contributed by atoms with Crippen molar-refractivity contribution in [2.45, 2.75) is 32.4 Å². The van der Waals surface area contributed by atoms with Gasteiger partial charge < -0.3 is 15.1 Å². The number of nitrogens with zero attached hydrogens (tertiary/aromatic N) is 1. The van der Waals surface area contributed by atoms with E-state index >= 15 is 0 Å². The summed E-state index contributed by atoms with van der Waals surface area (Å²) < 4.78 is 5.58. The van der Waals surface area contributed by atoms with E-state index in [0.29, 0.717) is 22.8 Å². The highest BCUT2D eigenvalue weighted by Gasteiger charge is 2.33. The molecule has 0 atom stereocenters. The van der Waals surface area contributed by atoms with Crippen molar-refractivity contribution in [3.8, 4) is 0 Å². The van der Waals surface area contributed by atoms with Crippen molar-refractivity contribution in [2.24, 2.45) is 0 Å². The Kier molecular flexibility index (Phi) is 3.64. The van der Waals surface area contributed by atoms with Crippen LogP contribution in [-0.4, -0.2) is 16.8 Å². The van der Waals surface area contributed by atoms with Gasteiger partial charge in [0.25, 0.3) is 5.91 Å². The van der Waals surface area contributed by atoms with Crippen LogP contribution in [0.15, 0.2) is 34.7 Å². The van der Waals surface area contributed by atoms with Crippen LogP contribution in [0.5, 0.6) is 0 Å². The smallest absolute Gasteiger partial charge is 0.254 e. The number of benzene rings is 1. The summed E-state index contributed by atoms with van der Waals surface area (Å²) in [6, 6.07) is 9.05. The van der Waals surface area contributed by atoms with Crippen molar-refractivity contribution in [2.75, 3.05) is 5.73 Å². The van der Waals surface area contributed by atoms with Gasteiger partial charge in [0.05, 0.1) is 6.54 Å². The van der Waals surface area contributed by atoms with E-state index in [9.17, 15) is 4.79 Å². The summed E-state index contributed by atoms with van der Waals surface area (Å²) >= 11 is 5.99. The Labute approximate surface area is 128 Å². The van der Waals surface area contributed by atoms with Gasteiger partial charge in [-0.15, -0.1) is 0 Å². The largest absolute Gasteiger partial charge is 0.464 e. The first kappa shape index (κ1) is 14.0. The fraction of sp³-hybridized carbons (Fsp3) is 0.312. The molecule has 2 aromatic rings. The predicted octanol–water partition coefficient (Wildman–Crippen LogP) is 3.63. The molecule has 0 saturated heterocycles. The molecule has 1 aromatic heterocycles. The lowest BCUT2D eigenvalue weighted by atomic mass is 10.1. The molecule has 1 heterocycles. The molecule has 0 unspecified atom stereocenters. The molecular formula is C16H17ClN2O2. The summed E-state index contributed by atoms with van der Waals surface area (Å²) in [5, 5.41) is 0.475. The summed E-state index contributed by atoms with van der Waals surface area (Å²) in [5.41, 5.74) is 6.79. The summed E-state index contributed by atoms with van der Waals surface area (Å²) in [4.78, 5) is 14.5. The first-order valence-corrected chi connectivity index (χ1v) is 7.33. The van der Waals surface area contributed by atoms with Gasteiger partial charge in [-0.1, -0.05) is 11.6 Å². The van der Waals surface area contributed by atoms with Crippen LogP contribution in [0.2, 0.25) is 5.02 Å². The lowest BCUT2D eigenvalue weighted by Crippen LogP contribution is -2.32. The summed E-state index contributed by atoms with van der Waals surface area (Å²) in [6.07, 6.45) is 2.06. The van der Waals surface area contributed by atoms with Crippen molar-refractivity contribution in [3.63, 3.8) is 0 Å². The lowest BCUT2D eigenvalue weighted by Gasteiger charge is -2.21. The average Bonchev–Trinajstić information content (AvgIpc) is 3.17. The van der Waals surface area contributed by atoms with Crippen LogP contribution in [0.4, 0.5) is 5.69 Å². The molecule has 1 aromatic carbocycles. The van der Waals surface area contributed by atoms with Crippen LogP contribution in [-0.2, 0) is 6.54 Å². The van der Waals surface area contributed by atoms with Gasteiger partial charge in [-0.25, -0.2) is 0 Å². The molecule has 110 valence electrons. The molecule has 21 heavy (non-hydrogen) atoms. The standard InChI is InChI=1S/C16H17ClN2O2/c1-10-2-5-15(21-10)9-19(14-3-4-14)16(20)11-6-12(17)8-13(18)7-11/h2,5-8,14H,3-4,9,18H2,1H3. The minimum Gasteiger partial charge on any atom is -0.464 e. The average molecular weight is 305 g/mol. The van der Waals surface area contributed by atoms with Gasteiger partial charge >= 0.3 is 0 Å². The van der Waals surface area contributed by atoms with Crippen LogP contribution < -0.4 is 5.73 Å². The van der Waals surface area contributed by atoms with Gasteiger partial charge in [0.2, 0.25) is 0 Å². The van der Waals surface area contributed by atoms with Crippen molar-refractivity contribution in [1.29, 1.82) is 0 Å². The van der Waals surface area contributed by atoms with Gasteiger partial charge in [-0.05, 0) is 50.1 Å². The third-order valence-corrected chi connectivity index (χ3v) is 3.76. The molecule has 1 aliphatic rings. The van der Waals surface area contributed by atoms with E-state index < -0.39 is 0 Å². The summed E-state index contributed by atoms with van der Waals surface area (Å²) in [5.74, 6) is 1.59. The number of halogens is 1. The number of nitrogens with two attached hydrogens (primary N) is 1. The monoisotopic (exact) mass is 304 g/mol. The zero-order valence-electron chi connectivity index (χ0n) is 11.8. The Morgan fingerprint density at radius 2 is 2.14 bits per heavy atom. The van der Waals surface area contributed by atoms with Gasteiger partial charge in [0.1, 0.15) is 11.5 Å². The number of nitrogen functional groups attached to an aromatic ring is 1. The Morgan fingerprint density at radius 1 is 1.38 bits per heavy atom. The second-order valence-corrected chi connectivity index (χ2v) is 5.89. The molecule has 0 radical (unpaired) electrons.